The third-order valence-corrected chi connectivity index (χ3v) is 3.99. The molecule has 2 unspecified atom stereocenters. The van der Waals surface area contributed by atoms with E-state index in [4.69, 9.17) is 4.74 Å². The van der Waals surface area contributed by atoms with Crippen LogP contribution in [0.15, 0.2) is 23.8 Å². The Bertz CT molecular complexity index is 340. The van der Waals surface area contributed by atoms with Gasteiger partial charge in [0.15, 0.2) is 0 Å². The predicted molar refractivity (Wildman–Crippen MR) is 52.4 cm³/mol. The van der Waals surface area contributed by atoms with Gasteiger partial charge < -0.3 is 4.74 Å². The maximum Gasteiger partial charge on any atom is 0.333 e. The van der Waals surface area contributed by atoms with Crippen LogP contribution in [-0.2, 0) is 9.53 Å². The molecule has 3 rings (SSSR count). The fourth-order valence-electron chi connectivity index (χ4n) is 3.33. The molecule has 3 aliphatic carbocycles. The van der Waals surface area contributed by atoms with Gasteiger partial charge >= 0.3 is 5.97 Å². The third-order valence-electron chi connectivity index (χ3n) is 3.99. The van der Waals surface area contributed by atoms with E-state index in [1.54, 1.807) is 0 Å². The van der Waals surface area contributed by atoms with Gasteiger partial charge in [-0.15, -0.1) is 0 Å². The van der Waals surface area contributed by atoms with Gasteiger partial charge in [0.25, 0.3) is 0 Å². The van der Waals surface area contributed by atoms with Crippen LogP contribution in [0.3, 0.4) is 0 Å². The summed E-state index contributed by atoms with van der Waals surface area (Å²) in [5, 5.41) is 0. The van der Waals surface area contributed by atoms with Crippen LogP contribution < -0.4 is 0 Å². The number of carbonyl (C=O) groups is 1. The van der Waals surface area contributed by atoms with Gasteiger partial charge in [-0.1, -0.05) is 18.2 Å². The fraction of sp³-hybridized carbons (Fsp3) is 0.583. The lowest BCUT2D eigenvalue weighted by atomic mass is 9.85. The summed E-state index contributed by atoms with van der Waals surface area (Å²) in [5.74, 6) is 2.62. The highest BCUT2D eigenvalue weighted by atomic mass is 16.5. The summed E-state index contributed by atoms with van der Waals surface area (Å²) >= 11 is 0. The Kier molecular flexibility index (Phi) is 1.61. The molecule has 0 aromatic carbocycles. The number of rotatable bonds is 1. The molecule has 1 saturated carbocycles. The molecule has 0 saturated heterocycles. The number of carbonyl (C=O) groups excluding carboxylic acids is 1. The van der Waals surface area contributed by atoms with Crippen molar-refractivity contribution in [3.05, 3.63) is 23.8 Å². The maximum atomic E-state index is 11.4. The molecular weight excluding hydrogens is 176 g/mol. The molecular formula is C12H14O2. The van der Waals surface area contributed by atoms with Gasteiger partial charge in [-0.2, -0.15) is 0 Å². The van der Waals surface area contributed by atoms with E-state index in [2.05, 4.69) is 18.2 Å². The van der Waals surface area contributed by atoms with Crippen LogP contribution in [0, 0.1) is 23.7 Å². The summed E-state index contributed by atoms with van der Waals surface area (Å²) in [7, 11) is 1.46. The van der Waals surface area contributed by atoms with Crippen molar-refractivity contribution in [2.75, 3.05) is 7.11 Å². The van der Waals surface area contributed by atoms with Gasteiger partial charge in [0, 0.05) is 5.57 Å². The molecule has 74 valence electrons. The Balaban J connectivity index is 1.85. The minimum Gasteiger partial charge on any atom is -0.466 e. The number of ether oxygens (including phenoxy) is 1. The van der Waals surface area contributed by atoms with E-state index in [9.17, 15) is 4.79 Å². The number of allylic oxidation sites excluding steroid dienone is 3. The van der Waals surface area contributed by atoms with E-state index in [0.717, 1.165) is 17.9 Å². The molecule has 0 amide bonds. The Morgan fingerprint density at radius 1 is 1.43 bits per heavy atom. The van der Waals surface area contributed by atoms with Gasteiger partial charge in [0.2, 0.25) is 0 Å². The van der Waals surface area contributed by atoms with Crippen LogP contribution in [0.5, 0.6) is 0 Å². The van der Waals surface area contributed by atoms with Crippen LogP contribution in [0.2, 0.25) is 0 Å². The van der Waals surface area contributed by atoms with Gasteiger partial charge in [-0.25, -0.2) is 4.79 Å². The highest BCUT2D eigenvalue weighted by molar-refractivity contribution is 5.89. The van der Waals surface area contributed by atoms with Crippen LogP contribution >= 0.6 is 0 Å². The van der Waals surface area contributed by atoms with E-state index in [1.165, 1.54) is 13.5 Å². The van der Waals surface area contributed by atoms with E-state index in [-0.39, 0.29) is 5.97 Å². The molecule has 0 aromatic heterocycles. The van der Waals surface area contributed by atoms with Crippen molar-refractivity contribution >= 4 is 5.97 Å². The summed E-state index contributed by atoms with van der Waals surface area (Å²) in [4.78, 5) is 11.4. The lowest BCUT2D eigenvalue weighted by Gasteiger charge is -2.19. The molecule has 0 radical (unpaired) electrons. The molecule has 2 bridgehead atoms. The van der Waals surface area contributed by atoms with Gasteiger partial charge in [-0.3, -0.25) is 0 Å². The summed E-state index contributed by atoms with van der Waals surface area (Å²) in [6.07, 6.45) is 9.05. The topological polar surface area (TPSA) is 26.3 Å². The van der Waals surface area contributed by atoms with Gasteiger partial charge in [0.05, 0.1) is 7.11 Å². The van der Waals surface area contributed by atoms with Crippen molar-refractivity contribution < 1.29 is 9.53 Å². The molecule has 14 heavy (non-hydrogen) atoms. The molecule has 2 nitrogen and oxygen atoms in total. The Morgan fingerprint density at radius 3 is 2.93 bits per heavy atom. The highest BCUT2D eigenvalue weighted by Gasteiger charge is 2.47. The summed E-state index contributed by atoms with van der Waals surface area (Å²) in [6.45, 7) is 0. The number of esters is 1. The van der Waals surface area contributed by atoms with E-state index < -0.39 is 0 Å². The standard InChI is InChI=1S/C12H14O2/c1-14-12(13)9-5-10-7-2-3-8(4-7)11(10)6-9/h2-3,5,7-8,10-11H,4,6H2,1H3/t7?,8-,10?,11-/m0/s1. The second-order valence-corrected chi connectivity index (χ2v) is 4.58. The first-order valence-corrected chi connectivity index (χ1v) is 5.27. The molecule has 1 fully saturated rings. The smallest absolute Gasteiger partial charge is 0.333 e. The summed E-state index contributed by atoms with van der Waals surface area (Å²) in [5.41, 5.74) is 0.904. The van der Waals surface area contributed by atoms with Crippen LogP contribution in [0.4, 0.5) is 0 Å². The normalized spacial score (nSPS) is 42.5. The van der Waals surface area contributed by atoms with E-state index in [1.807, 2.05) is 0 Å². The molecule has 4 atom stereocenters. The molecule has 0 aromatic rings. The lowest BCUT2D eigenvalue weighted by Crippen LogP contribution is -2.13. The fourth-order valence-corrected chi connectivity index (χ4v) is 3.33. The van der Waals surface area contributed by atoms with Crippen molar-refractivity contribution in [1.29, 1.82) is 0 Å². The number of methoxy groups -OCH3 is 1. The Morgan fingerprint density at radius 2 is 2.21 bits per heavy atom. The number of hydrogen-bond acceptors (Lipinski definition) is 2. The van der Waals surface area contributed by atoms with Crippen molar-refractivity contribution in [1.82, 2.24) is 0 Å². The second kappa shape index (κ2) is 2.72. The lowest BCUT2D eigenvalue weighted by molar-refractivity contribution is -0.136. The Labute approximate surface area is 83.6 Å². The quantitative estimate of drug-likeness (QED) is 0.466. The van der Waals surface area contributed by atoms with Crippen molar-refractivity contribution in [3.8, 4) is 0 Å². The minimum atomic E-state index is -0.126. The monoisotopic (exact) mass is 190 g/mol. The molecule has 0 N–H and O–H groups in total. The first-order valence-electron chi connectivity index (χ1n) is 5.27. The molecule has 3 aliphatic rings. The molecule has 0 heterocycles. The number of hydrogen-bond donors (Lipinski definition) is 0. The zero-order valence-corrected chi connectivity index (χ0v) is 8.27. The third kappa shape index (κ3) is 0.941. The predicted octanol–water partition coefficient (Wildman–Crippen LogP) is 1.93. The van der Waals surface area contributed by atoms with Gasteiger partial charge in [-0.05, 0) is 36.5 Å². The van der Waals surface area contributed by atoms with Crippen LogP contribution in [0.1, 0.15) is 12.8 Å². The summed E-state index contributed by atoms with van der Waals surface area (Å²) < 4.78 is 4.76. The zero-order chi connectivity index (χ0) is 9.71. The average molecular weight is 190 g/mol. The zero-order valence-electron chi connectivity index (χ0n) is 8.27. The van der Waals surface area contributed by atoms with Crippen molar-refractivity contribution in [2.45, 2.75) is 12.8 Å². The van der Waals surface area contributed by atoms with Crippen LogP contribution in [-0.4, -0.2) is 13.1 Å². The maximum absolute atomic E-state index is 11.4. The van der Waals surface area contributed by atoms with E-state index in [0.29, 0.717) is 17.8 Å². The largest absolute Gasteiger partial charge is 0.466 e. The highest BCUT2D eigenvalue weighted by Crippen LogP contribution is 2.54. The molecule has 0 spiro atoms. The molecule has 0 aliphatic heterocycles. The Hall–Kier alpha value is -1.05. The summed E-state index contributed by atoms with van der Waals surface area (Å²) in [6, 6.07) is 0. The van der Waals surface area contributed by atoms with Crippen molar-refractivity contribution in [3.63, 3.8) is 0 Å². The first-order chi connectivity index (χ1) is 6.79. The van der Waals surface area contributed by atoms with Gasteiger partial charge in [0.1, 0.15) is 0 Å². The SMILES string of the molecule is COC(=O)C1=CC2C3C=C[C@@H](C3)[C@@H]2C1. The average Bonchev–Trinajstić information content (AvgIpc) is 2.87. The second-order valence-electron chi connectivity index (χ2n) is 4.58. The first kappa shape index (κ1) is 8.27. The van der Waals surface area contributed by atoms with Crippen LogP contribution in [0.25, 0.3) is 0 Å². The molecule has 2 heteroatoms. The van der Waals surface area contributed by atoms with Crippen molar-refractivity contribution in [2.24, 2.45) is 23.7 Å². The number of fused-ring (bicyclic) bond motifs is 5. The van der Waals surface area contributed by atoms with E-state index >= 15 is 0 Å². The minimum absolute atomic E-state index is 0.126.